The lowest BCUT2D eigenvalue weighted by Crippen LogP contribution is -2.35. The fraction of sp³-hybridized carbons (Fsp3) is 0.250. The first-order valence-electron chi connectivity index (χ1n) is 8.66. The number of H-pyrrole nitrogens is 1. The molecule has 134 valence electrons. The SMILES string of the molecule is Cc1ccc(C)c(S(=O)(=O)N2CC=C(c3c[nH]c4ncccc34)CC2)c1. The highest BCUT2D eigenvalue weighted by Gasteiger charge is 2.28. The monoisotopic (exact) mass is 367 g/mol. The van der Waals surface area contributed by atoms with E-state index in [0.717, 1.165) is 33.3 Å². The Kier molecular flexibility index (Phi) is 4.17. The first-order valence-corrected chi connectivity index (χ1v) is 10.1. The van der Waals surface area contributed by atoms with E-state index >= 15 is 0 Å². The number of nitrogens with one attached hydrogen (secondary N) is 1. The van der Waals surface area contributed by atoms with Crippen LogP contribution in [0.4, 0.5) is 0 Å². The van der Waals surface area contributed by atoms with Gasteiger partial charge in [0.25, 0.3) is 0 Å². The van der Waals surface area contributed by atoms with Crippen LogP contribution >= 0.6 is 0 Å². The van der Waals surface area contributed by atoms with E-state index in [4.69, 9.17) is 0 Å². The highest BCUT2D eigenvalue weighted by atomic mass is 32.2. The van der Waals surface area contributed by atoms with Gasteiger partial charge in [0.15, 0.2) is 0 Å². The van der Waals surface area contributed by atoms with Crippen molar-refractivity contribution >= 4 is 26.6 Å². The summed E-state index contributed by atoms with van der Waals surface area (Å²) in [6, 6.07) is 9.52. The number of sulfonamides is 1. The average molecular weight is 367 g/mol. The van der Waals surface area contributed by atoms with Gasteiger partial charge in [-0.1, -0.05) is 18.2 Å². The Labute approximate surface area is 153 Å². The molecule has 1 aromatic carbocycles. The zero-order valence-corrected chi connectivity index (χ0v) is 15.7. The largest absolute Gasteiger partial charge is 0.346 e. The highest BCUT2D eigenvalue weighted by Crippen LogP contribution is 2.30. The maximum atomic E-state index is 13.0. The van der Waals surface area contributed by atoms with Crippen molar-refractivity contribution in [1.82, 2.24) is 14.3 Å². The number of pyridine rings is 1. The molecule has 1 aliphatic heterocycles. The summed E-state index contributed by atoms with van der Waals surface area (Å²) in [5.74, 6) is 0. The van der Waals surface area contributed by atoms with Crippen LogP contribution < -0.4 is 0 Å². The van der Waals surface area contributed by atoms with Crippen molar-refractivity contribution in [3.63, 3.8) is 0 Å². The summed E-state index contributed by atoms with van der Waals surface area (Å²) in [5, 5.41) is 1.07. The molecule has 0 radical (unpaired) electrons. The van der Waals surface area contributed by atoms with Gasteiger partial charge >= 0.3 is 0 Å². The summed E-state index contributed by atoms with van der Waals surface area (Å²) < 4.78 is 27.7. The van der Waals surface area contributed by atoms with E-state index in [0.29, 0.717) is 24.4 Å². The summed E-state index contributed by atoms with van der Waals surface area (Å²) in [4.78, 5) is 7.91. The van der Waals surface area contributed by atoms with E-state index in [2.05, 4.69) is 9.97 Å². The Morgan fingerprint density at radius 2 is 2.04 bits per heavy atom. The standard InChI is InChI=1S/C20H21N3O2S/c1-14-5-6-15(2)19(12-14)26(24,25)23-10-7-16(8-11-23)18-13-22-20-17(18)4-3-9-21-20/h3-7,9,12-13H,8,10-11H2,1-2H3,(H,21,22). The molecule has 1 N–H and O–H groups in total. The zero-order chi connectivity index (χ0) is 18.3. The Hall–Kier alpha value is -2.44. The van der Waals surface area contributed by atoms with Gasteiger partial charge in [-0.15, -0.1) is 0 Å². The van der Waals surface area contributed by atoms with Gasteiger partial charge in [-0.2, -0.15) is 4.31 Å². The number of aryl methyl sites for hydroxylation is 2. The number of aromatic amines is 1. The number of benzene rings is 1. The molecular formula is C20H21N3O2S. The molecule has 3 heterocycles. The van der Waals surface area contributed by atoms with E-state index in [1.165, 1.54) is 0 Å². The molecule has 2 aromatic heterocycles. The van der Waals surface area contributed by atoms with E-state index in [-0.39, 0.29) is 0 Å². The highest BCUT2D eigenvalue weighted by molar-refractivity contribution is 7.89. The molecule has 0 saturated carbocycles. The molecule has 0 unspecified atom stereocenters. The van der Waals surface area contributed by atoms with Gasteiger partial charge in [0.1, 0.15) is 5.65 Å². The Morgan fingerprint density at radius 3 is 2.81 bits per heavy atom. The van der Waals surface area contributed by atoms with Crippen LogP contribution in [0.15, 0.2) is 53.7 Å². The second-order valence-corrected chi connectivity index (χ2v) is 8.62. The second kappa shape index (κ2) is 6.37. The van der Waals surface area contributed by atoms with Crippen molar-refractivity contribution in [3.8, 4) is 0 Å². The van der Waals surface area contributed by atoms with Gasteiger partial charge in [0.2, 0.25) is 10.0 Å². The van der Waals surface area contributed by atoms with Gasteiger partial charge < -0.3 is 4.98 Å². The molecule has 4 rings (SSSR count). The van der Waals surface area contributed by atoms with E-state index in [9.17, 15) is 8.42 Å². The first-order chi connectivity index (χ1) is 12.5. The number of aromatic nitrogens is 2. The smallest absolute Gasteiger partial charge is 0.243 e. The molecule has 0 aliphatic carbocycles. The van der Waals surface area contributed by atoms with E-state index in [1.54, 1.807) is 16.6 Å². The van der Waals surface area contributed by atoms with Crippen LogP contribution in [0, 0.1) is 13.8 Å². The normalized spacial score (nSPS) is 16.0. The minimum absolute atomic E-state index is 0.387. The molecule has 0 spiro atoms. The molecular weight excluding hydrogens is 346 g/mol. The van der Waals surface area contributed by atoms with Crippen molar-refractivity contribution in [1.29, 1.82) is 0 Å². The van der Waals surface area contributed by atoms with Crippen molar-refractivity contribution in [2.45, 2.75) is 25.2 Å². The number of hydrogen-bond acceptors (Lipinski definition) is 3. The predicted molar refractivity (Wildman–Crippen MR) is 103 cm³/mol. The van der Waals surface area contributed by atoms with Gasteiger partial charge in [0.05, 0.1) is 4.90 Å². The van der Waals surface area contributed by atoms with Gasteiger partial charge in [-0.25, -0.2) is 13.4 Å². The quantitative estimate of drug-likeness (QED) is 0.768. The zero-order valence-electron chi connectivity index (χ0n) is 14.9. The van der Waals surface area contributed by atoms with Crippen LogP contribution in [0.5, 0.6) is 0 Å². The summed E-state index contributed by atoms with van der Waals surface area (Å²) in [7, 11) is -3.48. The lowest BCUT2D eigenvalue weighted by molar-refractivity contribution is 0.441. The molecule has 26 heavy (non-hydrogen) atoms. The maximum Gasteiger partial charge on any atom is 0.243 e. The van der Waals surface area contributed by atoms with E-state index in [1.807, 2.05) is 50.4 Å². The molecule has 0 amide bonds. The number of nitrogens with zero attached hydrogens (tertiary/aromatic N) is 2. The second-order valence-electron chi connectivity index (χ2n) is 6.71. The Morgan fingerprint density at radius 1 is 1.19 bits per heavy atom. The molecule has 6 heteroatoms. The number of rotatable bonds is 3. The predicted octanol–water partition coefficient (Wildman–Crippen LogP) is 3.66. The maximum absolute atomic E-state index is 13.0. The van der Waals surface area contributed by atoms with Crippen molar-refractivity contribution in [3.05, 3.63) is 65.5 Å². The summed E-state index contributed by atoms with van der Waals surface area (Å²) in [5.41, 5.74) is 4.86. The molecule has 3 aromatic rings. The molecule has 1 aliphatic rings. The molecule has 5 nitrogen and oxygen atoms in total. The lowest BCUT2D eigenvalue weighted by Gasteiger charge is -2.26. The van der Waals surface area contributed by atoms with Crippen molar-refractivity contribution < 1.29 is 8.42 Å². The third-order valence-electron chi connectivity index (χ3n) is 4.93. The van der Waals surface area contributed by atoms with Gasteiger partial charge in [-0.3, -0.25) is 0 Å². The van der Waals surface area contributed by atoms with Crippen LogP contribution in [0.2, 0.25) is 0 Å². The van der Waals surface area contributed by atoms with Crippen LogP contribution in [-0.4, -0.2) is 35.8 Å². The van der Waals surface area contributed by atoms with Crippen molar-refractivity contribution in [2.75, 3.05) is 13.1 Å². The topological polar surface area (TPSA) is 66.1 Å². The van der Waals surface area contributed by atoms with Gasteiger partial charge in [0, 0.05) is 36.4 Å². The molecule has 0 fully saturated rings. The van der Waals surface area contributed by atoms with Gasteiger partial charge in [-0.05, 0) is 55.2 Å². The Bertz CT molecular complexity index is 1110. The molecule has 0 saturated heterocycles. The fourth-order valence-electron chi connectivity index (χ4n) is 3.46. The average Bonchev–Trinajstić information content (AvgIpc) is 3.08. The van der Waals surface area contributed by atoms with Crippen LogP contribution in [-0.2, 0) is 10.0 Å². The lowest BCUT2D eigenvalue weighted by atomic mass is 10.0. The van der Waals surface area contributed by atoms with E-state index < -0.39 is 10.0 Å². The third-order valence-corrected chi connectivity index (χ3v) is 6.94. The Balaban J connectivity index is 1.64. The van der Waals surface area contributed by atoms with Crippen molar-refractivity contribution in [2.24, 2.45) is 0 Å². The minimum Gasteiger partial charge on any atom is -0.346 e. The van der Waals surface area contributed by atoms with Crippen LogP contribution in [0.1, 0.15) is 23.1 Å². The number of hydrogen-bond donors (Lipinski definition) is 1. The fourth-order valence-corrected chi connectivity index (χ4v) is 5.15. The summed E-state index contributed by atoms with van der Waals surface area (Å²) in [6.45, 7) is 4.63. The molecule has 0 atom stereocenters. The third kappa shape index (κ3) is 2.85. The van der Waals surface area contributed by atoms with Crippen LogP contribution in [0.3, 0.4) is 0 Å². The minimum atomic E-state index is -3.48. The number of fused-ring (bicyclic) bond motifs is 1. The first kappa shape index (κ1) is 17.0. The summed E-state index contributed by atoms with van der Waals surface area (Å²) in [6.07, 6.45) is 6.42. The van der Waals surface area contributed by atoms with Crippen LogP contribution in [0.25, 0.3) is 16.6 Å². The molecule has 0 bridgehead atoms. The summed E-state index contributed by atoms with van der Waals surface area (Å²) >= 11 is 0.